The van der Waals surface area contributed by atoms with E-state index in [1.165, 1.54) is 4.90 Å². The van der Waals surface area contributed by atoms with Crippen LogP contribution in [0.25, 0.3) is 0 Å². The second-order valence-corrected chi connectivity index (χ2v) is 3.95. The molecule has 0 aromatic carbocycles. The number of unbranched alkanes of at least 4 members (excludes halogenated alkanes) is 1. The minimum absolute atomic E-state index is 0.0471. The summed E-state index contributed by atoms with van der Waals surface area (Å²) in [5, 5.41) is 2.71. The molecule has 0 aromatic rings. The van der Waals surface area contributed by atoms with Crippen LogP contribution in [0.5, 0.6) is 0 Å². The molecule has 0 spiro atoms. The highest BCUT2D eigenvalue weighted by atomic mass is 16.2. The molecular weight excluding hydrogens is 180 g/mol. The molecule has 1 saturated heterocycles. The summed E-state index contributed by atoms with van der Waals surface area (Å²) in [6, 6.07) is -0.579. The van der Waals surface area contributed by atoms with Gasteiger partial charge < -0.3 is 5.32 Å². The van der Waals surface area contributed by atoms with Crippen molar-refractivity contribution in [2.45, 2.75) is 52.1 Å². The van der Waals surface area contributed by atoms with Crippen LogP contribution in [0.1, 0.15) is 40.0 Å². The number of nitrogens with zero attached hydrogens (tertiary/aromatic N) is 1. The molecule has 1 heterocycles. The molecule has 0 radical (unpaired) electrons. The zero-order valence-corrected chi connectivity index (χ0v) is 9.04. The van der Waals surface area contributed by atoms with E-state index in [9.17, 15) is 9.59 Å². The monoisotopic (exact) mass is 198 g/mol. The zero-order valence-electron chi connectivity index (χ0n) is 9.04. The van der Waals surface area contributed by atoms with Gasteiger partial charge in [-0.15, -0.1) is 0 Å². The van der Waals surface area contributed by atoms with Gasteiger partial charge >= 0.3 is 6.03 Å². The average Bonchev–Trinajstić information content (AvgIpc) is 2.38. The molecule has 14 heavy (non-hydrogen) atoms. The molecule has 1 rings (SSSR count). The van der Waals surface area contributed by atoms with Gasteiger partial charge in [0.25, 0.3) is 5.91 Å². The molecule has 4 heteroatoms. The van der Waals surface area contributed by atoms with E-state index in [0.717, 1.165) is 19.3 Å². The summed E-state index contributed by atoms with van der Waals surface area (Å²) < 4.78 is 0. The van der Waals surface area contributed by atoms with Crippen LogP contribution in [0.4, 0.5) is 4.79 Å². The summed E-state index contributed by atoms with van der Waals surface area (Å²) in [7, 11) is 0. The molecule has 1 aliphatic rings. The van der Waals surface area contributed by atoms with Crippen molar-refractivity contribution < 1.29 is 9.59 Å². The Kier molecular flexibility index (Phi) is 3.49. The van der Waals surface area contributed by atoms with Crippen LogP contribution in [0.15, 0.2) is 0 Å². The van der Waals surface area contributed by atoms with Gasteiger partial charge in [0.15, 0.2) is 0 Å². The summed E-state index contributed by atoms with van der Waals surface area (Å²) >= 11 is 0. The van der Waals surface area contributed by atoms with Gasteiger partial charge in [0.1, 0.15) is 6.04 Å². The summed E-state index contributed by atoms with van der Waals surface area (Å²) in [5.41, 5.74) is 0. The lowest BCUT2D eigenvalue weighted by Gasteiger charge is -2.16. The van der Waals surface area contributed by atoms with Gasteiger partial charge in [-0.3, -0.25) is 9.69 Å². The molecule has 1 N–H and O–H groups in total. The normalized spacial score (nSPS) is 22.0. The van der Waals surface area contributed by atoms with E-state index in [4.69, 9.17) is 0 Å². The van der Waals surface area contributed by atoms with Crippen molar-refractivity contribution in [3.63, 3.8) is 0 Å². The van der Waals surface area contributed by atoms with Crippen LogP contribution in [0, 0.1) is 0 Å². The molecular formula is C10H18N2O2. The lowest BCUT2D eigenvalue weighted by atomic mass is 10.1. The standard InChI is InChI=1S/C10H18N2O2/c1-4-5-6-8-9(13)12(7(2)3)10(14)11-8/h7-8H,4-6H2,1-3H3,(H,11,14). The topological polar surface area (TPSA) is 49.4 Å². The first kappa shape index (κ1) is 11.0. The molecule has 4 nitrogen and oxygen atoms in total. The molecule has 0 aromatic heterocycles. The number of hydrogen-bond donors (Lipinski definition) is 1. The Balaban J connectivity index is 2.60. The second-order valence-electron chi connectivity index (χ2n) is 3.95. The van der Waals surface area contributed by atoms with Crippen molar-refractivity contribution in [2.24, 2.45) is 0 Å². The highest BCUT2D eigenvalue weighted by Crippen LogP contribution is 2.14. The Labute approximate surface area is 84.7 Å². The average molecular weight is 198 g/mol. The fourth-order valence-corrected chi connectivity index (χ4v) is 1.64. The number of carbonyl (C=O) groups is 2. The van der Waals surface area contributed by atoms with E-state index in [0.29, 0.717) is 0 Å². The highest BCUT2D eigenvalue weighted by Gasteiger charge is 2.38. The van der Waals surface area contributed by atoms with Crippen LogP contribution < -0.4 is 5.32 Å². The zero-order chi connectivity index (χ0) is 10.7. The summed E-state index contributed by atoms with van der Waals surface area (Å²) in [4.78, 5) is 24.4. The van der Waals surface area contributed by atoms with E-state index >= 15 is 0 Å². The van der Waals surface area contributed by atoms with Crippen molar-refractivity contribution in [1.29, 1.82) is 0 Å². The van der Waals surface area contributed by atoms with Gasteiger partial charge in [0.2, 0.25) is 0 Å². The van der Waals surface area contributed by atoms with E-state index in [-0.39, 0.29) is 24.0 Å². The van der Waals surface area contributed by atoms with Gasteiger partial charge in [-0.05, 0) is 20.3 Å². The number of hydrogen-bond acceptors (Lipinski definition) is 2. The van der Waals surface area contributed by atoms with Crippen molar-refractivity contribution in [1.82, 2.24) is 10.2 Å². The van der Waals surface area contributed by atoms with Crippen LogP contribution in [-0.2, 0) is 4.79 Å². The molecule has 1 aliphatic heterocycles. The molecule has 0 bridgehead atoms. The molecule has 1 fully saturated rings. The second kappa shape index (κ2) is 4.44. The molecule has 1 atom stereocenters. The largest absolute Gasteiger partial charge is 0.326 e. The van der Waals surface area contributed by atoms with Gasteiger partial charge in [-0.2, -0.15) is 0 Å². The molecule has 1 unspecified atom stereocenters. The van der Waals surface area contributed by atoms with Crippen molar-refractivity contribution in [3.05, 3.63) is 0 Å². The highest BCUT2D eigenvalue weighted by molar-refractivity contribution is 6.04. The molecule has 80 valence electrons. The van der Waals surface area contributed by atoms with Gasteiger partial charge in [-0.25, -0.2) is 4.79 Å². The van der Waals surface area contributed by atoms with E-state index in [2.05, 4.69) is 12.2 Å². The summed E-state index contributed by atoms with van der Waals surface area (Å²) in [5.74, 6) is -0.0709. The molecule has 0 aliphatic carbocycles. The molecule has 3 amide bonds. The minimum Gasteiger partial charge on any atom is -0.326 e. The lowest BCUT2D eigenvalue weighted by molar-refractivity contribution is -0.128. The Morgan fingerprint density at radius 3 is 2.50 bits per heavy atom. The maximum Gasteiger partial charge on any atom is 0.325 e. The Morgan fingerprint density at radius 2 is 2.07 bits per heavy atom. The van der Waals surface area contributed by atoms with Crippen LogP contribution in [-0.4, -0.2) is 28.9 Å². The smallest absolute Gasteiger partial charge is 0.325 e. The van der Waals surface area contributed by atoms with Crippen LogP contribution >= 0.6 is 0 Å². The predicted octanol–water partition coefficient (Wildman–Crippen LogP) is 1.51. The van der Waals surface area contributed by atoms with Gasteiger partial charge in [-0.1, -0.05) is 19.8 Å². The first-order chi connectivity index (χ1) is 6.57. The number of carbonyl (C=O) groups excluding carboxylic acids is 2. The number of nitrogens with one attached hydrogen (secondary N) is 1. The maximum absolute atomic E-state index is 11.7. The third-order valence-electron chi connectivity index (χ3n) is 2.41. The van der Waals surface area contributed by atoms with E-state index < -0.39 is 0 Å². The van der Waals surface area contributed by atoms with Gasteiger partial charge in [0.05, 0.1) is 0 Å². The van der Waals surface area contributed by atoms with Crippen LogP contribution in [0.2, 0.25) is 0 Å². The van der Waals surface area contributed by atoms with Crippen molar-refractivity contribution in [2.75, 3.05) is 0 Å². The first-order valence-electron chi connectivity index (χ1n) is 5.21. The first-order valence-corrected chi connectivity index (χ1v) is 5.21. The van der Waals surface area contributed by atoms with Gasteiger partial charge in [0, 0.05) is 6.04 Å². The minimum atomic E-state index is -0.287. The summed E-state index contributed by atoms with van der Waals surface area (Å²) in [6.45, 7) is 5.76. The third kappa shape index (κ3) is 2.05. The van der Waals surface area contributed by atoms with E-state index in [1.807, 2.05) is 13.8 Å². The fraction of sp³-hybridized carbons (Fsp3) is 0.800. The van der Waals surface area contributed by atoms with Crippen LogP contribution in [0.3, 0.4) is 0 Å². The number of urea groups is 1. The number of amides is 3. The van der Waals surface area contributed by atoms with Crippen molar-refractivity contribution >= 4 is 11.9 Å². The predicted molar refractivity (Wildman–Crippen MR) is 53.8 cm³/mol. The Hall–Kier alpha value is -1.06. The quantitative estimate of drug-likeness (QED) is 0.696. The van der Waals surface area contributed by atoms with E-state index in [1.54, 1.807) is 0 Å². The summed E-state index contributed by atoms with van der Waals surface area (Å²) in [6.07, 6.45) is 2.77. The Bertz CT molecular complexity index is 238. The maximum atomic E-state index is 11.7. The van der Waals surface area contributed by atoms with Crippen molar-refractivity contribution in [3.8, 4) is 0 Å². The number of rotatable bonds is 4. The SMILES string of the molecule is CCCCC1NC(=O)N(C(C)C)C1=O. The fourth-order valence-electron chi connectivity index (χ4n) is 1.64. The Morgan fingerprint density at radius 1 is 1.43 bits per heavy atom. The molecule has 0 saturated carbocycles. The lowest BCUT2D eigenvalue weighted by Crippen LogP contribution is -2.37. The third-order valence-corrected chi connectivity index (χ3v) is 2.41. The number of imide groups is 1.